The summed E-state index contributed by atoms with van der Waals surface area (Å²) in [5.41, 5.74) is 0.675. The lowest BCUT2D eigenvalue weighted by atomic mass is 10.2. The normalized spacial score (nSPS) is 10.1. The fourth-order valence-electron chi connectivity index (χ4n) is 1.53. The summed E-state index contributed by atoms with van der Waals surface area (Å²) in [7, 11) is 1.59. The number of nitrogens with zero attached hydrogens (tertiary/aromatic N) is 1. The Bertz CT molecular complexity index is 476. The van der Waals surface area contributed by atoms with E-state index in [2.05, 4.69) is 5.32 Å². The Hall–Kier alpha value is -2.15. The van der Waals surface area contributed by atoms with Crippen LogP contribution in [0.3, 0.4) is 0 Å². The molecule has 0 saturated carbocycles. The summed E-state index contributed by atoms with van der Waals surface area (Å²) in [5, 5.41) is 13.5. The minimum Gasteiger partial charge on any atom is -0.477 e. The van der Waals surface area contributed by atoms with Crippen LogP contribution in [0, 0.1) is 17.0 Å². The van der Waals surface area contributed by atoms with Crippen molar-refractivity contribution >= 4 is 11.6 Å². The van der Waals surface area contributed by atoms with Crippen molar-refractivity contribution in [2.24, 2.45) is 0 Å². The largest absolute Gasteiger partial charge is 0.477 e. The van der Waals surface area contributed by atoms with Crippen LogP contribution in [0.4, 0.5) is 5.69 Å². The summed E-state index contributed by atoms with van der Waals surface area (Å²) in [6.07, 6.45) is 0.701. The highest BCUT2D eigenvalue weighted by Gasteiger charge is 2.15. The maximum atomic E-state index is 11.5. The molecule has 110 valence electrons. The van der Waals surface area contributed by atoms with Gasteiger partial charge in [-0.1, -0.05) is 6.07 Å². The van der Waals surface area contributed by atoms with E-state index < -0.39 is 4.92 Å². The molecule has 0 radical (unpaired) electrons. The number of hydrogen-bond acceptors (Lipinski definition) is 5. The quantitative estimate of drug-likeness (QED) is 0.442. The van der Waals surface area contributed by atoms with Crippen molar-refractivity contribution < 1.29 is 19.2 Å². The highest BCUT2D eigenvalue weighted by Crippen LogP contribution is 2.27. The fourth-order valence-corrected chi connectivity index (χ4v) is 1.53. The number of nitro groups is 1. The average molecular weight is 282 g/mol. The first kappa shape index (κ1) is 15.9. The lowest BCUT2D eigenvalue weighted by Crippen LogP contribution is -2.30. The first-order valence-corrected chi connectivity index (χ1v) is 6.18. The molecule has 0 spiro atoms. The Morgan fingerprint density at radius 1 is 1.45 bits per heavy atom. The second-order valence-electron chi connectivity index (χ2n) is 4.21. The molecule has 0 atom stereocenters. The van der Waals surface area contributed by atoms with E-state index in [-0.39, 0.29) is 24.0 Å². The highest BCUT2D eigenvalue weighted by atomic mass is 16.6. The third-order valence-electron chi connectivity index (χ3n) is 2.52. The molecule has 0 unspecified atom stereocenters. The molecule has 1 N–H and O–H groups in total. The van der Waals surface area contributed by atoms with Gasteiger partial charge in [-0.25, -0.2) is 0 Å². The number of methoxy groups -OCH3 is 1. The summed E-state index contributed by atoms with van der Waals surface area (Å²) in [6.45, 7) is 2.58. The van der Waals surface area contributed by atoms with Gasteiger partial charge in [0.25, 0.3) is 5.91 Å². The van der Waals surface area contributed by atoms with Crippen molar-refractivity contribution in [2.75, 3.05) is 26.9 Å². The monoisotopic (exact) mass is 282 g/mol. The molecule has 0 bridgehead atoms. The van der Waals surface area contributed by atoms with Gasteiger partial charge < -0.3 is 14.8 Å². The molecule has 7 heteroatoms. The molecule has 0 heterocycles. The highest BCUT2D eigenvalue weighted by molar-refractivity contribution is 5.77. The van der Waals surface area contributed by atoms with E-state index in [4.69, 9.17) is 9.47 Å². The SMILES string of the molecule is COCCCNC(=O)COc1cc(C)ccc1[N+](=O)[O-]. The van der Waals surface area contributed by atoms with Crippen molar-refractivity contribution in [3.05, 3.63) is 33.9 Å². The minimum atomic E-state index is -0.536. The summed E-state index contributed by atoms with van der Waals surface area (Å²) >= 11 is 0. The molecule has 0 aliphatic carbocycles. The van der Waals surface area contributed by atoms with E-state index in [0.717, 1.165) is 5.56 Å². The molecule has 0 saturated heterocycles. The van der Waals surface area contributed by atoms with Crippen LogP contribution in [0.15, 0.2) is 18.2 Å². The van der Waals surface area contributed by atoms with Gasteiger partial charge in [-0.2, -0.15) is 0 Å². The van der Waals surface area contributed by atoms with Crippen LogP contribution in [0.5, 0.6) is 5.75 Å². The molecule has 1 aromatic carbocycles. The summed E-state index contributed by atoms with van der Waals surface area (Å²) in [6, 6.07) is 4.52. The maximum Gasteiger partial charge on any atom is 0.310 e. The Balaban J connectivity index is 2.50. The number of ether oxygens (including phenoxy) is 2. The van der Waals surface area contributed by atoms with Crippen molar-refractivity contribution in [3.8, 4) is 5.75 Å². The predicted molar refractivity (Wildman–Crippen MR) is 72.8 cm³/mol. The zero-order chi connectivity index (χ0) is 15.0. The Kier molecular flexibility index (Phi) is 6.45. The lowest BCUT2D eigenvalue weighted by molar-refractivity contribution is -0.385. The van der Waals surface area contributed by atoms with E-state index in [9.17, 15) is 14.9 Å². The van der Waals surface area contributed by atoms with Gasteiger partial charge in [0.1, 0.15) is 0 Å². The zero-order valence-electron chi connectivity index (χ0n) is 11.5. The average Bonchev–Trinajstić information content (AvgIpc) is 2.41. The van der Waals surface area contributed by atoms with Crippen LogP contribution in [-0.4, -0.2) is 37.7 Å². The lowest BCUT2D eigenvalue weighted by Gasteiger charge is -2.08. The van der Waals surface area contributed by atoms with Crippen LogP contribution in [0.2, 0.25) is 0 Å². The third kappa shape index (κ3) is 5.23. The van der Waals surface area contributed by atoms with Crippen LogP contribution in [0.25, 0.3) is 0 Å². The van der Waals surface area contributed by atoms with Crippen molar-refractivity contribution in [3.63, 3.8) is 0 Å². The number of hydrogen-bond donors (Lipinski definition) is 1. The van der Waals surface area contributed by atoms with Gasteiger partial charge in [0.2, 0.25) is 0 Å². The van der Waals surface area contributed by atoms with E-state index in [1.54, 1.807) is 20.1 Å². The second kappa shape index (κ2) is 8.11. The summed E-state index contributed by atoms with van der Waals surface area (Å²) in [4.78, 5) is 21.8. The first-order chi connectivity index (χ1) is 9.54. The molecule has 1 aromatic rings. The second-order valence-corrected chi connectivity index (χ2v) is 4.21. The van der Waals surface area contributed by atoms with Crippen LogP contribution >= 0.6 is 0 Å². The number of nitrogens with one attached hydrogen (secondary N) is 1. The summed E-state index contributed by atoms with van der Waals surface area (Å²) in [5.74, 6) is -0.223. The van der Waals surface area contributed by atoms with Gasteiger partial charge in [-0.15, -0.1) is 0 Å². The van der Waals surface area contributed by atoms with E-state index in [1.807, 2.05) is 0 Å². The molecule has 1 amide bonds. The molecule has 0 fully saturated rings. The number of aryl methyl sites for hydroxylation is 1. The third-order valence-corrected chi connectivity index (χ3v) is 2.52. The smallest absolute Gasteiger partial charge is 0.310 e. The fraction of sp³-hybridized carbons (Fsp3) is 0.462. The van der Waals surface area contributed by atoms with Crippen LogP contribution in [-0.2, 0) is 9.53 Å². The molecule has 0 aliphatic rings. The Labute approximate surface area is 117 Å². The number of amides is 1. The number of rotatable bonds is 8. The van der Waals surface area contributed by atoms with Gasteiger partial charge in [-0.3, -0.25) is 14.9 Å². The number of nitro benzene ring substituents is 1. The molecule has 0 aromatic heterocycles. The van der Waals surface area contributed by atoms with E-state index in [1.165, 1.54) is 12.1 Å². The standard InChI is InChI=1S/C13H18N2O5/c1-10-4-5-11(15(17)18)12(8-10)20-9-13(16)14-6-3-7-19-2/h4-5,8H,3,6-7,9H2,1-2H3,(H,14,16). The van der Waals surface area contributed by atoms with Crippen LogP contribution < -0.4 is 10.1 Å². The van der Waals surface area contributed by atoms with Crippen molar-refractivity contribution in [1.29, 1.82) is 0 Å². The topological polar surface area (TPSA) is 90.7 Å². The zero-order valence-corrected chi connectivity index (χ0v) is 11.5. The molecule has 0 aliphatic heterocycles. The van der Waals surface area contributed by atoms with Gasteiger partial charge in [-0.05, 0) is 25.0 Å². The van der Waals surface area contributed by atoms with Gasteiger partial charge in [0.05, 0.1) is 4.92 Å². The predicted octanol–water partition coefficient (Wildman–Crippen LogP) is 1.43. The summed E-state index contributed by atoms with van der Waals surface area (Å²) < 4.78 is 10.1. The first-order valence-electron chi connectivity index (χ1n) is 6.18. The van der Waals surface area contributed by atoms with E-state index in [0.29, 0.717) is 19.6 Å². The maximum absolute atomic E-state index is 11.5. The van der Waals surface area contributed by atoms with E-state index >= 15 is 0 Å². The molecular formula is C13H18N2O5. The molecule has 20 heavy (non-hydrogen) atoms. The van der Waals surface area contributed by atoms with Gasteiger partial charge in [0, 0.05) is 26.3 Å². The number of carbonyl (C=O) groups is 1. The van der Waals surface area contributed by atoms with Crippen LogP contribution in [0.1, 0.15) is 12.0 Å². The minimum absolute atomic E-state index is 0.0991. The Morgan fingerprint density at radius 3 is 2.85 bits per heavy atom. The van der Waals surface area contributed by atoms with Gasteiger partial charge >= 0.3 is 5.69 Å². The number of benzene rings is 1. The molecule has 1 rings (SSSR count). The Morgan fingerprint density at radius 2 is 2.20 bits per heavy atom. The van der Waals surface area contributed by atoms with Crippen molar-refractivity contribution in [1.82, 2.24) is 5.32 Å². The van der Waals surface area contributed by atoms with Gasteiger partial charge in [0.15, 0.2) is 12.4 Å². The molecule has 7 nitrogen and oxygen atoms in total. The van der Waals surface area contributed by atoms with Crippen molar-refractivity contribution in [2.45, 2.75) is 13.3 Å². The molecular weight excluding hydrogens is 264 g/mol. The number of carbonyl (C=O) groups excluding carboxylic acids is 1.